The molecule has 0 unspecified atom stereocenters. The summed E-state index contributed by atoms with van der Waals surface area (Å²) in [6.45, 7) is 0.430. The molecule has 122 valence electrons. The molecule has 3 rings (SSSR count). The first-order valence-corrected chi connectivity index (χ1v) is 8.41. The Morgan fingerprint density at radius 3 is 2.70 bits per heavy atom. The van der Waals surface area contributed by atoms with Crippen LogP contribution in [0, 0.1) is 0 Å². The van der Waals surface area contributed by atoms with Gasteiger partial charge in [-0.1, -0.05) is 30.9 Å². The molecule has 1 amide bonds. The molecule has 1 N–H and O–H groups in total. The molecule has 0 radical (unpaired) electrons. The molecule has 1 heterocycles. The summed E-state index contributed by atoms with van der Waals surface area (Å²) in [6, 6.07) is 7.60. The van der Waals surface area contributed by atoms with Crippen molar-refractivity contribution in [3.63, 3.8) is 0 Å². The SMILES string of the molecule is O=C(CCn1nnc(-c2ccc(Cl)cc2)n1)NC1CCCCC1. The van der Waals surface area contributed by atoms with Crippen molar-refractivity contribution in [2.24, 2.45) is 0 Å². The molecule has 1 aromatic heterocycles. The number of amides is 1. The molecule has 23 heavy (non-hydrogen) atoms. The Bertz CT molecular complexity index is 649. The average Bonchev–Trinajstić information content (AvgIpc) is 3.04. The molecule has 1 aromatic carbocycles. The smallest absolute Gasteiger partial charge is 0.222 e. The Hall–Kier alpha value is -1.95. The fraction of sp³-hybridized carbons (Fsp3) is 0.500. The highest BCUT2D eigenvalue weighted by Gasteiger charge is 2.15. The van der Waals surface area contributed by atoms with E-state index in [1.165, 1.54) is 24.1 Å². The minimum Gasteiger partial charge on any atom is -0.353 e. The van der Waals surface area contributed by atoms with Gasteiger partial charge in [-0.3, -0.25) is 4.79 Å². The number of rotatable bonds is 5. The predicted molar refractivity (Wildman–Crippen MR) is 87.9 cm³/mol. The van der Waals surface area contributed by atoms with E-state index in [1.807, 2.05) is 12.1 Å². The van der Waals surface area contributed by atoms with Crippen LogP contribution in [-0.2, 0) is 11.3 Å². The fourth-order valence-corrected chi connectivity index (χ4v) is 2.93. The first kappa shape index (κ1) is 15.9. The summed E-state index contributed by atoms with van der Waals surface area (Å²) >= 11 is 5.86. The molecule has 6 nitrogen and oxygen atoms in total. The lowest BCUT2D eigenvalue weighted by atomic mass is 9.95. The van der Waals surface area contributed by atoms with Gasteiger partial charge >= 0.3 is 0 Å². The number of aryl methyl sites for hydroxylation is 1. The van der Waals surface area contributed by atoms with Gasteiger partial charge in [0.25, 0.3) is 0 Å². The van der Waals surface area contributed by atoms with Gasteiger partial charge in [-0.2, -0.15) is 4.80 Å². The highest BCUT2D eigenvalue weighted by molar-refractivity contribution is 6.30. The van der Waals surface area contributed by atoms with Crippen molar-refractivity contribution < 1.29 is 4.79 Å². The van der Waals surface area contributed by atoms with Gasteiger partial charge in [0.2, 0.25) is 11.7 Å². The molecule has 0 aliphatic heterocycles. The zero-order chi connectivity index (χ0) is 16.1. The molecule has 7 heteroatoms. The van der Waals surface area contributed by atoms with E-state index in [1.54, 1.807) is 12.1 Å². The second kappa shape index (κ2) is 7.55. The highest BCUT2D eigenvalue weighted by atomic mass is 35.5. The number of nitrogens with one attached hydrogen (secondary N) is 1. The normalized spacial score (nSPS) is 15.5. The monoisotopic (exact) mass is 333 g/mol. The molecule has 0 bridgehead atoms. The Morgan fingerprint density at radius 2 is 1.96 bits per heavy atom. The van der Waals surface area contributed by atoms with Gasteiger partial charge in [0, 0.05) is 23.0 Å². The Balaban J connectivity index is 1.50. The quantitative estimate of drug-likeness (QED) is 0.913. The minimum absolute atomic E-state index is 0.0576. The van der Waals surface area contributed by atoms with Crippen molar-refractivity contribution in [2.75, 3.05) is 0 Å². The molecule has 0 atom stereocenters. The van der Waals surface area contributed by atoms with Crippen LogP contribution in [0.25, 0.3) is 11.4 Å². The zero-order valence-corrected chi connectivity index (χ0v) is 13.7. The number of nitrogens with zero attached hydrogens (tertiary/aromatic N) is 4. The van der Waals surface area contributed by atoms with Gasteiger partial charge in [-0.25, -0.2) is 0 Å². The van der Waals surface area contributed by atoms with Gasteiger partial charge in [0.15, 0.2) is 0 Å². The third-order valence-electron chi connectivity index (χ3n) is 4.06. The van der Waals surface area contributed by atoms with E-state index < -0.39 is 0 Å². The van der Waals surface area contributed by atoms with E-state index in [0.717, 1.165) is 18.4 Å². The maximum absolute atomic E-state index is 12.0. The summed E-state index contributed by atoms with van der Waals surface area (Å²) in [4.78, 5) is 13.4. The third-order valence-corrected chi connectivity index (χ3v) is 4.32. The Morgan fingerprint density at radius 1 is 1.22 bits per heavy atom. The molecule has 1 aliphatic carbocycles. The van der Waals surface area contributed by atoms with Crippen LogP contribution in [0.3, 0.4) is 0 Å². The van der Waals surface area contributed by atoms with Crippen molar-refractivity contribution in [1.29, 1.82) is 0 Å². The van der Waals surface area contributed by atoms with Crippen molar-refractivity contribution in [3.8, 4) is 11.4 Å². The molecular formula is C16H20ClN5O. The van der Waals surface area contributed by atoms with Gasteiger partial charge in [-0.05, 0) is 42.3 Å². The molecule has 1 fully saturated rings. The summed E-state index contributed by atoms with van der Waals surface area (Å²) in [5.74, 6) is 0.594. The van der Waals surface area contributed by atoms with Gasteiger partial charge in [0.1, 0.15) is 0 Å². The van der Waals surface area contributed by atoms with E-state index in [4.69, 9.17) is 11.6 Å². The van der Waals surface area contributed by atoms with Gasteiger partial charge in [-0.15, -0.1) is 10.2 Å². The van der Waals surface area contributed by atoms with Crippen LogP contribution in [0.15, 0.2) is 24.3 Å². The van der Waals surface area contributed by atoms with Crippen LogP contribution in [0.5, 0.6) is 0 Å². The third kappa shape index (κ3) is 4.51. The van der Waals surface area contributed by atoms with Crippen LogP contribution < -0.4 is 5.32 Å². The fourth-order valence-electron chi connectivity index (χ4n) is 2.80. The standard InChI is InChI=1S/C16H20ClN5O/c17-13-8-6-12(7-9-13)16-19-21-22(20-16)11-10-15(23)18-14-4-2-1-3-5-14/h6-9,14H,1-5,10-11H2,(H,18,23). The minimum atomic E-state index is 0.0576. The Labute approximate surface area is 140 Å². The van der Waals surface area contributed by atoms with E-state index in [2.05, 4.69) is 20.7 Å². The number of tetrazole rings is 1. The van der Waals surface area contributed by atoms with Gasteiger partial charge < -0.3 is 5.32 Å². The molecule has 0 spiro atoms. The number of benzene rings is 1. The molecule has 2 aromatic rings. The van der Waals surface area contributed by atoms with E-state index in [9.17, 15) is 4.79 Å². The van der Waals surface area contributed by atoms with Crippen LogP contribution in [0.1, 0.15) is 38.5 Å². The van der Waals surface area contributed by atoms with E-state index in [0.29, 0.717) is 29.9 Å². The van der Waals surface area contributed by atoms with Crippen molar-refractivity contribution in [1.82, 2.24) is 25.5 Å². The summed E-state index contributed by atoms with van der Waals surface area (Å²) in [5, 5.41) is 16.1. The van der Waals surface area contributed by atoms with E-state index >= 15 is 0 Å². The first-order valence-electron chi connectivity index (χ1n) is 8.04. The second-order valence-corrected chi connectivity index (χ2v) is 6.30. The predicted octanol–water partition coefficient (Wildman–Crippen LogP) is 2.83. The van der Waals surface area contributed by atoms with Gasteiger partial charge in [0.05, 0.1) is 6.54 Å². The topological polar surface area (TPSA) is 72.7 Å². The number of halogens is 1. The maximum atomic E-state index is 12.0. The number of carbonyl (C=O) groups excluding carboxylic acids is 1. The lowest BCUT2D eigenvalue weighted by molar-refractivity contribution is -0.122. The van der Waals surface area contributed by atoms with E-state index in [-0.39, 0.29) is 5.91 Å². The number of hydrogen-bond acceptors (Lipinski definition) is 4. The van der Waals surface area contributed by atoms with Crippen molar-refractivity contribution in [3.05, 3.63) is 29.3 Å². The number of aromatic nitrogens is 4. The number of hydrogen-bond donors (Lipinski definition) is 1. The average molecular weight is 334 g/mol. The first-order chi connectivity index (χ1) is 11.2. The summed E-state index contributed by atoms with van der Waals surface area (Å²) < 4.78 is 0. The van der Waals surface area contributed by atoms with Crippen molar-refractivity contribution in [2.45, 2.75) is 51.1 Å². The van der Waals surface area contributed by atoms with Crippen LogP contribution >= 0.6 is 11.6 Å². The summed E-state index contributed by atoms with van der Waals surface area (Å²) in [5.41, 5.74) is 0.854. The van der Waals surface area contributed by atoms with Crippen molar-refractivity contribution >= 4 is 17.5 Å². The molecule has 1 saturated carbocycles. The van der Waals surface area contributed by atoms with Crippen LogP contribution in [0.4, 0.5) is 0 Å². The largest absolute Gasteiger partial charge is 0.353 e. The second-order valence-electron chi connectivity index (χ2n) is 5.87. The number of carbonyl (C=O) groups is 1. The van der Waals surface area contributed by atoms with Crippen LogP contribution in [0.2, 0.25) is 5.02 Å². The highest BCUT2D eigenvalue weighted by Crippen LogP contribution is 2.18. The summed E-state index contributed by atoms with van der Waals surface area (Å²) in [6.07, 6.45) is 6.25. The Kier molecular flexibility index (Phi) is 5.23. The molecule has 1 aliphatic rings. The lowest BCUT2D eigenvalue weighted by Crippen LogP contribution is -2.36. The summed E-state index contributed by atoms with van der Waals surface area (Å²) in [7, 11) is 0. The molecule has 0 saturated heterocycles. The van der Waals surface area contributed by atoms with Crippen LogP contribution in [-0.4, -0.2) is 32.2 Å². The molecular weight excluding hydrogens is 314 g/mol. The lowest BCUT2D eigenvalue weighted by Gasteiger charge is -2.22. The zero-order valence-electron chi connectivity index (χ0n) is 12.9. The maximum Gasteiger partial charge on any atom is 0.222 e.